The number of hydrogen-bond donors (Lipinski definition) is 3. The molecule has 0 aliphatic carbocycles. The molecule has 7 nitrogen and oxygen atoms in total. The third kappa shape index (κ3) is 5.94. The summed E-state index contributed by atoms with van der Waals surface area (Å²) in [6.45, 7) is 1.87. The number of carboxylic acids is 1. The lowest BCUT2D eigenvalue weighted by molar-refractivity contribution is -0.138. The molecule has 138 valence electrons. The van der Waals surface area contributed by atoms with Crippen molar-refractivity contribution in [3.8, 4) is 0 Å². The summed E-state index contributed by atoms with van der Waals surface area (Å²) in [7, 11) is -5.13. The van der Waals surface area contributed by atoms with Gasteiger partial charge in [0.25, 0.3) is 5.91 Å². The lowest BCUT2D eigenvalue weighted by Crippen LogP contribution is -2.40. The maximum absolute atomic E-state index is 12.6. The number of carboxylic acid groups (broad SMARTS) is 1. The topological polar surface area (TPSA) is 113 Å². The molecule has 3 N–H and O–H groups in total. The fraction of sp³-hybridized carbons (Fsp3) is 0.176. The van der Waals surface area contributed by atoms with Crippen LogP contribution < -0.4 is 10.0 Å². The van der Waals surface area contributed by atoms with Crippen molar-refractivity contribution in [1.82, 2.24) is 4.72 Å². The second kappa shape index (κ2) is 8.07. The average Bonchev–Trinajstić information content (AvgIpc) is 2.54. The number of benzene rings is 2. The number of hydrogen-bond acceptors (Lipinski definition) is 4. The van der Waals surface area contributed by atoms with E-state index in [1.54, 1.807) is 30.3 Å². The molecule has 26 heavy (non-hydrogen) atoms. The van der Waals surface area contributed by atoms with Crippen LogP contribution in [0, 0.1) is 6.92 Å². The van der Waals surface area contributed by atoms with Crippen LogP contribution in [0.15, 0.2) is 48.5 Å². The van der Waals surface area contributed by atoms with Gasteiger partial charge in [-0.1, -0.05) is 33.7 Å². The third-order valence-electron chi connectivity index (χ3n) is 3.51. The number of amides is 1. The lowest BCUT2D eigenvalue weighted by atomic mass is 10.1. The van der Waals surface area contributed by atoms with Gasteiger partial charge in [0.1, 0.15) is 6.04 Å². The summed E-state index contributed by atoms with van der Waals surface area (Å²) in [5.74, 6) is -1.79. The number of carbonyl (C=O) groups is 2. The molecule has 0 saturated carbocycles. The van der Waals surface area contributed by atoms with Gasteiger partial charge in [-0.25, -0.2) is 0 Å². The van der Waals surface area contributed by atoms with Gasteiger partial charge in [-0.3, -0.25) is 9.59 Å². The summed E-state index contributed by atoms with van der Waals surface area (Å²) in [4.78, 5) is 23.2. The van der Waals surface area contributed by atoms with Crippen LogP contribution in [-0.2, 0) is 21.6 Å². The van der Waals surface area contributed by atoms with Gasteiger partial charge < -0.3 is 10.4 Å². The molecule has 0 aromatic heterocycles. The molecular formula is C17H17FN2O5S. The molecule has 0 heterocycles. The van der Waals surface area contributed by atoms with Gasteiger partial charge in [0, 0.05) is 11.3 Å². The van der Waals surface area contributed by atoms with E-state index in [1.165, 1.54) is 16.9 Å². The fourth-order valence-electron chi connectivity index (χ4n) is 2.30. The van der Waals surface area contributed by atoms with Crippen LogP contribution in [0.4, 0.5) is 9.57 Å². The highest BCUT2D eigenvalue weighted by molar-refractivity contribution is 7.84. The Morgan fingerprint density at radius 1 is 1.15 bits per heavy atom. The highest BCUT2D eigenvalue weighted by atomic mass is 32.3. The van der Waals surface area contributed by atoms with Crippen molar-refractivity contribution < 1.29 is 27.0 Å². The predicted octanol–water partition coefficient (Wildman–Crippen LogP) is 2.05. The van der Waals surface area contributed by atoms with E-state index in [4.69, 9.17) is 5.11 Å². The largest absolute Gasteiger partial charge is 0.480 e. The van der Waals surface area contributed by atoms with Crippen molar-refractivity contribution in [1.29, 1.82) is 0 Å². The summed E-state index contributed by atoms with van der Waals surface area (Å²) < 4.78 is 35.2. The Balaban J connectivity index is 2.05. The van der Waals surface area contributed by atoms with Gasteiger partial charge in [0.05, 0.1) is 0 Å². The SMILES string of the molecule is Cc1cccc(C(=O)Nc2ccc(CC(NS(=O)(=O)F)C(=O)O)cc2)c1. The summed E-state index contributed by atoms with van der Waals surface area (Å²) in [5, 5.41) is 11.7. The van der Waals surface area contributed by atoms with E-state index in [0.29, 0.717) is 16.8 Å². The van der Waals surface area contributed by atoms with E-state index >= 15 is 0 Å². The van der Waals surface area contributed by atoms with Gasteiger partial charge in [0.15, 0.2) is 0 Å². The number of halogens is 1. The van der Waals surface area contributed by atoms with Gasteiger partial charge >= 0.3 is 16.4 Å². The van der Waals surface area contributed by atoms with E-state index in [0.717, 1.165) is 5.56 Å². The number of anilines is 1. The third-order valence-corrected chi connectivity index (χ3v) is 4.08. The van der Waals surface area contributed by atoms with Crippen LogP contribution in [-0.4, -0.2) is 31.4 Å². The van der Waals surface area contributed by atoms with Crippen LogP contribution in [0.25, 0.3) is 0 Å². The van der Waals surface area contributed by atoms with Gasteiger partial charge in [-0.2, -0.15) is 13.1 Å². The molecule has 0 bridgehead atoms. The molecule has 1 unspecified atom stereocenters. The van der Waals surface area contributed by atoms with Crippen LogP contribution in [0.1, 0.15) is 21.5 Å². The Kier molecular flexibility index (Phi) is 6.06. The van der Waals surface area contributed by atoms with E-state index in [9.17, 15) is 21.9 Å². The zero-order valence-electron chi connectivity index (χ0n) is 13.8. The molecule has 2 rings (SSSR count). The van der Waals surface area contributed by atoms with E-state index < -0.39 is 22.4 Å². The monoisotopic (exact) mass is 380 g/mol. The second-order valence-corrected chi connectivity index (χ2v) is 6.78. The summed E-state index contributed by atoms with van der Waals surface area (Å²) in [6.07, 6.45) is -0.245. The molecule has 2 aromatic carbocycles. The maximum Gasteiger partial charge on any atom is 0.373 e. The minimum absolute atomic E-state index is 0.245. The van der Waals surface area contributed by atoms with Crippen molar-refractivity contribution >= 4 is 28.0 Å². The summed E-state index contributed by atoms with van der Waals surface area (Å²) >= 11 is 0. The van der Waals surface area contributed by atoms with E-state index in [-0.39, 0.29) is 12.3 Å². The first-order chi connectivity index (χ1) is 12.1. The van der Waals surface area contributed by atoms with Gasteiger partial charge in [0.2, 0.25) is 0 Å². The zero-order valence-corrected chi connectivity index (χ0v) is 14.6. The van der Waals surface area contributed by atoms with Crippen molar-refractivity contribution in [2.75, 3.05) is 5.32 Å². The van der Waals surface area contributed by atoms with Crippen LogP contribution in [0.5, 0.6) is 0 Å². The van der Waals surface area contributed by atoms with Crippen molar-refractivity contribution in [2.24, 2.45) is 0 Å². The molecular weight excluding hydrogens is 363 g/mol. The van der Waals surface area contributed by atoms with E-state index in [1.807, 2.05) is 13.0 Å². The molecule has 9 heteroatoms. The Morgan fingerprint density at radius 3 is 2.35 bits per heavy atom. The highest BCUT2D eigenvalue weighted by Crippen LogP contribution is 2.14. The number of aliphatic carboxylic acids is 1. The first-order valence-electron chi connectivity index (χ1n) is 7.56. The van der Waals surface area contributed by atoms with Crippen LogP contribution in [0.2, 0.25) is 0 Å². The Morgan fingerprint density at radius 2 is 1.81 bits per heavy atom. The van der Waals surface area contributed by atoms with E-state index in [2.05, 4.69) is 5.32 Å². The smallest absolute Gasteiger partial charge is 0.373 e. The van der Waals surface area contributed by atoms with Crippen molar-refractivity contribution in [3.05, 3.63) is 65.2 Å². The van der Waals surface area contributed by atoms with Crippen molar-refractivity contribution in [2.45, 2.75) is 19.4 Å². The minimum atomic E-state index is -5.13. The molecule has 1 amide bonds. The normalized spacial score (nSPS) is 12.4. The number of carbonyl (C=O) groups excluding carboxylic acids is 1. The fourth-order valence-corrected chi connectivity index (χ4v) is 2.82. The molecule has 2 aromatic rings. The Labute approximate surface area is 150 Å². The molecule has 1 atom stereocenters. The first-order valence-corrected chi connectivity index (χ1v) is 8.94. The standard InChI is InChI=1S/C17H17FN2O5S/c1-11-3-2-4-13(9-11)16(21)19-14-7-5-12(6-8-14)10-15(17(22)23)20-26(18,24)25/h2-9,15,20H,10H2,1H3,(H,19,21)(H,22,23). The van der Waals surface area contributed by atoms with Crippen molar-refractivity contribution in [3.63, 3.8) is 0 Å². The van der Waals surface area contributed by atoms with Crippen LogP contribution in [0.3, 0.4) is 0 Å². The molecule has 0 aliphatic heterocycles. The highest BCUT2D eigenvalue weighted by Gasteiger charge is 2.23. The summed E-state index contributed by atoms with van der Waals surface area (Å²) in [5.41, 5.74) is 2.39. The van der Waals surface area contributed by atoms with Gasteiger partial charge in [-0.05, 0) is 43.2 Å². The average molecular weight is 380 g/mol. The molecule has 0 fully saturated rings. The predicted molar refractivity (Wildman–Crippen MR) is 93.9 cm³/mol. The quantitative estimate of drug-likeness (QED) is 0.637. The number of rotatable bonds is 7. The second-order valence-electron chi connectivity index (χ2n) is 5.67. The number of aryl methyl sites for hydroxylation is 1. The van der Waals surface area contributed by atoms with Gasteiger partial charge in [-0.15, -0.1) is 0 Å². The first kappa shape index (κ1) is 19.5. The molecule has 0 spiro atoms. The number of nitrogens with one attached hydrogen (secondary N) is 2. The Bertz CT molecular complexity index is 913. The zero-order chi connectivity index (χ0) is 19.3. The molecule has 0 saturated heterocycles. The lowest BCUT2D eigenvalue weighted by Gasteiger charge is -2.12. The summed E-state index contributed by atoms with van der Waals surface area (Å²) in [6, 6.07) is 11.6. The molecule has 0 aliphatic rings. The minimum Gasteiger partial charge on any atom is -0.480 e. The van der Waals surface area contributed by atoms with Crippen LogP contribution >= 0.6 is 0 Å². The Hall–Kier alpha value is -2.78. The molecule has 0 radical (unpaired) electrons. The maximum atomic E-state index is 12.6.